The standard InChI is InChI=1S/C12H18N2S/c1-9-6-12(14-7-11(9)13)15-8-10-4-2-3-5-10/h6-7,10H,2-5,8,13H2,1H3. The Balaban J connectivity index is 1.90. The van der Waals surface area contributed by atoms with E-state index in [2.05, 4.69) is 11.1 Å². The molecule has 1 aliphatic rings. The molecule has 0 amide bonds. The molecule has 2 N–H and O–H groups in total. The fraction of sp³-hybridized carbons (Fsp3) is 0.583. The molecule has 15 heavy (non-hydrogen) atoms. The van der Waals surface area contributed by atoms with E-state index in [1.807, 2.05) is 18.7 Å². The minimum atomic E-state index is 0.792. The highest BCUT2D eigenvalue weighted by atomic mass is 32.2. The van der Waals surface area contributed by atoms with Gasteiger partial charge in [0.2, 0.25) is 0 Å². The predicted molar refractivity (Wildman–Crippen MR) is 66.1 cm³/mol. The van der Waals surface area contributed by atoms with Gasteiger partial charge in [0, 0.05) is 5.75 Å². The zero-order chi connectivity index (χ0) is 10.7. The van der Waals surface area contributed by atoms with Crippen LogP contribution in [0.1, 0.15) is 31.2 Å². The molecule has 3 heteroatoms. The Morgan fingerprint density at radius 3 is 2.87 bits per heavy atom. The molecule has 1 aromatic rings. The third-order valence-electron chi connectivity index (χ3n) is 3.07. The number of nitrogen functional groups attached to an aromatic ring is 1. The summed E-state index contributed by atoms with van der Waals surface area (Å²) in [5.74, 6) is 2.13. The average Bonchev–Trinajstić information content (AvgIpc) is 2.73. The minimum Gasteiger partial charge on any atom is -0.397 e. The lowest BCUT2D eigenvalue weighted by Crippen LogP contribution is -1.98. The number of aryl methyl sites for hydroxylation is 1. The molecule has 0 unspecified atom stereocenters. The summed E-state index contributed by atoms with van der Waals surface area (Å²) in [6.07, 6.45) is 7.41. The summed E-state index contributed by atoms with van der Waals surface area (Å²) in [6.45, 7) is 2.04. The SMILES string of the molecule is Cc1cc(SCC2CCCC2)ncc1N. The van der Waals surface area contributed by atoms with Gasteiger partial charge in [-0.05, 0) is 37.3 Å². The first kappa shape index (κ1) is 10.8. The predicted octanol–water partition coefficient (Wildman–Crippen LogP) is 3.25. The van der Waals surface area contributed by atoms with Crippen LogP contribution in [0.4, 0.5) is 5.69 Å². The van der Waals surface area contributed by atoms with Crippen LogP contribution >= 0.6 is 11.8 Å². The number of hydrogen-bond acceptors (Lipinski definition) is 3. The molecule has 0 spiro atoms. The molecule has 0 aliphatic heterocycles. The highest BCUT2D eigenvalue weighted by Gasteiger charge is 2.15. The molecule has 0 radical (unpaired) electrons. The first-order valence-corrected chi connectivity index (χ1v) is 6.59. The molecule has 1 saturated carbocycles. The molecule has 2 rings (SSSR count). The lowest BCUT2D eigenvalue weighted by Gasteiger charge is -2.08. The molecule has 0 atom stereocenters. The van der Waals surface area contributed by atoms with Gasteiger partial charge in [-0.3, -0.25) is 0 Å². The van der Waals surface area contributed by atoms with Crippen LogP contribution in [0.5, 0.6) is 0 Å². The van der Waals surface area contributed by atoms with Crippen molar-refractivity contribution >= 4 is 17.4 Å². The van der Waals surface area contributed by atoms with E-state index in [0.29, 0.717) is 0 Å². The monoisotopic (exact) mass is 222 g/mol. The van der Waals surface area contributed by atoms with E-state index in [0.717, 1.165) is 22.2 Å². The first-order valence-electron chi connectivity index (χ1n) is 5.60. The summed E-state index contributed by atoms with van der Waals surface area (Å²) in [5, 5.41) is 1.12. The molecular weight excluding hydrogens is 204 g/mol. The minimum absolute atomic E-state index is 0.792. The highest BCUT2D eigenvalue weighted by Crippen LogP contribution is 2.30. The van der Waals surface area contributed by atoms with Crippen molar-refractivity contribution in [2.75, 3.05) is 11.5 Å². The fourth-order valence-electron chi connectivity index (χ4n) is 2.00. The maximum atomic E-state index is 5.74. The number of thioether (sulfide) groups is 1. The second kappa shape index (κ2) is 4.88. The van der Waals surface area contributed by atoms with Gasteiger partial charge in [-0.15, -0.1) is 11.8 Å². The van der Waals surface area contributed by atoms with Crippen LogP contribution in [0.15, 0.2) is 17.3 Å². The van der Waals surface area contributed by atoms with E-state index >= 15 is 0 Å². The smallest absolute Gasteiger partial charge is 0.0964 e. The Morgan fingerprint density at radius 2 is 2.20 bits per heavy atom. The van der Waals surface area contributed by atoms with Crippen LogP contribution < -0.4 is 5.73 Å². The number of nitrogens with zero attached hydrogens (tertiary/aromatic N) is 1. The second-order valence-corrected chi connectivity index (χ2v) is 5.38. The summed E-state index contributed by atoms with van der Waals surface area (Å²) < 4.78 is 0. The topological polar surface area (TPSA) is 38.9 Å². The van der Waals surface area contributed by atoms with E-state index in [9.17, 15) is 0 Å². The molecule has 82 valence electrons. The van der Waals surface area contributed by atoms with Gasteiger partial charge in [-0.25, -0.2) is 4.98 Å². The first-order chi connectivity index (χ1) is 7.25. The molecule has 1 heterocycles. The number of nitrogens with two attached hydrogens (primary N) is 1. The van der Waals surface area contributed by atoms with Gasteiger partial charge < -0.3 is 5.73 Å². The second-order valence-electron chi connectivity index (χ2n) is 4.34. The Kier molecular flexibility index (Phi) is 3.52. The quantitative estimate of drug-likeness (QED) is 0.798. The fourth-order valence-corrected chi connectivity index (χ4v) is 3.13. The summed E-state index contributed by atoms with van der Waals surface area (Å²) >= 11 is 1.87. The van der Waals surface area contributed by atoms with E-state index in [1.165, 1.54) is 31.4 Å². The van der Waals surface area contributed by atoms with Crippen molar-refractivity contribution in [3.05, 3.63) is 17.8 Å². The van der Waals surface area contributed by atoms with Crippen molar-refractivity contribution in [3.63, 3.8) is 0 Å². The number of anilines is 1. The summed E-state index contributed by atoms with van der Waals surface area (Å²) in [4.78, 5) is 4.34. The van der Waals surface area contributed by atoms with Crippen molar-refractivity contribution < 1.29 is 0 Å². The summed E-state index contributed by atoms with van der Waals surface area (Å²) in [6, 6.07) is 2.09. The molecule has 0 bridgehead atoms. The van der Waals surface area contributed by atoms with E-state index in [-0.39, 0.29) is 0 Å². The number of rotatable bonds is 3. The molecule has 1 aromatic heterocycles. The van der Waals surface area contributed by atoms with Gasteiger partial charge >= 0.3 is 0 Å². The molecular formula is C12H18N2S. The maximum Gasteiger partial charge on any atom is 0.0964 e. The van der Waals surface area contributed by atoms with Gasteiger partial charge in [-0.1, -0.05) is 12.8 Å². The summed E-state index contributed by atoms with van der Waals surface area (Å²) in [7, 11) is 0. The number of hydrogen-bond donors (Lipinski definition) is 1. The normalized spacial score (nSPS) is 17.1. The van der Waals surface area contributed by atoms with Crippen molar-refractivity contribution in [3.8, 4) is 0 Å². The van der Waals surface area contributed by atoms with Crippen LogP contribution in [-0.4, -0.2) is 10.7 Å². The molecule has 1 aliphatic carbocycles. The van der Waals surface area contributed by atoms with Crippen LogP contribution in [0.2, 0.25) is 0 Å². The zero-order valence-corrected chi connectivity index (χ0v) is 10.0. The van der Waals surface area contributed by atoms with Crippen LogP contribution in [-0.2, 0) is 0 Å². The lowest BCUT2D eigenvalue weighted by atomic mass is 10.1. The highest BCUT2D eigenvalue weighted by molar-refractivity contribution is 7.99. The van der Waals surface area contributed by atoms with Crippen LogP contribution in [0.3, 0.4) is 0 Å². The molecule has 1 fully saturated rings. The van der Waals surface area contributed by atoms with Gasteiger partial charge in [0.15, 0.2) is 0 Å². The van der Waals surface area contributed by atoms with Gasteiger partial charge in [-0.2, -0.15) is 0 Å². The Hall–Kier alpha value is -0.700. The van der Waals surface area contributed by atoms with Crippen LogP contribution in [0, 0.1) is 12.8 Å². The van der Waals surface area contributed by atoms with Crippen molar-refractivity contribution in [2.24, 2.45) is 5.92 Å². The van der Waals surface area contributed by atoms with Crippen molar-refractivity contribution in [1.82, 2.24) is 4.98 Å². The van der Waals surface area contributed by atoms with E-state index in [1.54, 1.807) is 6.20 Å². The largest absolute Gasteiger partial charge is 0.397 e. The Labute approximate surface area is 95.7 Å². The maximum absolute atomic E-state index is 5.74. The number of aromatic nitrogens is 1. The third kappa shape index (κ3) is 2.88. The average molecular weight is 222 g/mol. The molecule has 0 saturated heterocycles. The van der Waals surface area contributed by atoms with E-state index < -0.39 is 0 Å². The Bertz CT molecular complexity index is 332. The third-order valence-corrected chi connectivity index (χ3v) is 4.22. The van der Waals surface area contributed by atoms with Gasteiger partial charge in [0.25, 0.3) is 0 Å². The van der Waals surface area contributed by atoms with Crippen LogP contribution in [0.25, 0.3) is 0 Å². The lowest BCUT2D eigenvalue weighted by molar-refractivity contribution is 0.623. The van der Waals surface area contributed by atoms with Gasteiger partial charge in [0.1, 0.15) is 0 Å². The Morgan fingerprint density at radius 1 is 1.47 bits per heavy atom. The van der Waals surface area contributed by atoms with E-state index in [4.69, 9.17) is 5.73 Å². The van der Waals surface area contributed by atoms with Gasteiger partial charge in [0.05, 0.1) is 16.9 Å². The van der Waals surface area contributed by atoms with Crippen molar-refractivity contribution in [2.45, 2.75) is 37.6 Å². The molecule has 2 nitrogen and oxygen atoms in total. The van der Waals surface area contributed by atoms with Crippen molar-refractivity contribution in [1.29, 1.82) is 0 Å². The summed E-state index contributed by atoms with van der Waals surface area (Å²) in [5.41, 5.74) is 7.67. The number of pyridine rings is 1. The zero-order valence-electron chi connectivity index (χ0n) is 9.20. The molecule has 0 aromatic carbocycles.